The Hall–Kier alpha value is -2.73. The summed E-state index contributed by atoms with van der Waals surface area (Å²) < 4.78 is 5.56. The van der Waals surface area contributed by atoms with Gasteiger partial charge in [-0.2, -0.15) is 0 Å². The Kier molecular flexibility index (Phi) is 5.65. The Balaban J connectivity index is 2.08. The fraction of sp³-hybridized carbons (Fsp3) is 0.176. The number of aromatic hydroxyl groups is 1. The third kappa shape index (κ3) is 4.39. The molecule has 0 aromatic heterocycles. The number of nitrogens with one attached hydrogen (secondary N) is 2. The molecule has 24 heavy (non-hydrogen) atoms. The number of phenolic OH excluding ortho intramolecular Hbond substituents is 1. The van der Waals surface area contributed by atoms with E-state index in [0.29, 0.717) is 10.8 Å². The van der Waals surface area contributed by atoms with Crippen LogP contribution in [-0.4, -0.2) is 23.0 Å². The summed E-state index contributed by atoms with van der Waals surface area (Å²) in [4.78, 5) is 24.3. The first-order valence-electron chi connectivity index (χ1n) is 7.23. The minimum absolute atomic E-state index is 0.0467. The highest BCUT2D eigenvalue weighted by Crippen LogP contribution is 2.21. The maximum atomic E-state index is 12.2. The molecule has 0 heterocycles. The molecule has 0 aliphatic carbocycles. The molecule has 2 amide bonds. The number of hydrogen-bond acceptors (Lipinski definition) is 4. The summed E-state index contributed by atoms with van der Waals surface area (Å²) in [7, 11) is 0. The molecule has 2 rings (SSSR count). The van der Waals surface area contributed by atoms with E-state index >= 15 is 0 Å². The molecular formula is C17H17ClN2O4. The highest BCUT2D eigenvalue weighted by atomic mass is 35.5. The molecule has 7 heteroatoms. The van der Waals surface area contributed by atoms with Crippen molar-refractivity contribution in [2.45, 2.75) is 20.0 Å². The predicted octanol–water partition coefficient (Wildman–Crippen LogP) is 2.91. The van der Waals surface area contributed by atoms with Crippen LogP contribution in [-0.2, 0) is 0 Å². The van der Waals surface area contributed by atoms with Gasteiger partial charge in [-0.15, -0.1) is 0 Å². The molecule has 0 spiro atoms. The predicted molar refractivity (Wildman–Crippen MR) is 90.3 cm³/mol. The van der Waals surface area contributed by atoms with Gasteiger partial charge in [0.1, 0.15) is 11.5 Å². The Bertz CT molecular complexity index is 762. The van der Waals surface area contributed by atoms with Crippen molar-refractivity contribution in [2.24, 2.45) is 0 Å². The zero-order chi connectivity index (χ0) is 17.7. The minimum atomic E-state index is -0.689. The van der Waals surface area contributed by atoms with Crippen LogP contribution in [0.3, 0.4) is 0 Å². The second-order valence-electron chi connectivity index (χ2n) is 5.23. The maximum Gasteiger partial charge on any atom is 0.273 e. The third-order valence-electron chi connectivity index (χ3n) is 2.99. The molecule has 2 aromatic rings. The Morgan fingerprint density at radius 1 is 1.04 bits per heavy atom. The van der Waals surface area contributed by atoms with E-state index in [1.54, 1.807) is 24.3 Å². The number of hydrazine groups is 1. The molecule has 3 N–H and O–H groups in total. The maximum absolute atomic E-state index is 12.2. The van der Waals surface area contributed by atoms with E-state index in [0.717, 1.165) is 0 Å². The number of rotatable bonds is 4. The smallest absolute Gasteiger partial charge is 0.273 e. The SMILES string of the molecule is CC(C)Oc1ccccc1C(=O)NNC(=O)c1cc(Cl)ccc1O. The lowest BCUT2D eigenvalue weighted by Gasteiger charge is -2.14. The molecule has 0 saturated heterocycles. The first kappa shape index (κ1) is 17.6. The Labute approximate surface area is 144 Å². The normalized spacial score (nSPS) is 10.3. The summed E-state index contributed by atoms with van der Waals surface area (Å²) in [5, 5.41) is 9.97. The van der Waals surface area contributed by atoms with Crippen molar-refractivity contribution in [1.82, 2.24) is 10.9 Å². The van der Waals surface area contributed by atoms with E-state index in [1.807, 2.05) is 13.8 Å². The van der Waals surface area contributed by atoms with Crippen LogP contribution in [0.1, 0.15) is 34.6 Å². The number of halogens is 1. The summed E-state index contributed by atoms with van der Waals surface area (Å²) in [5.41, 5.74) is 4.75. The zero-order valence-corrected chi connectivity index (χ0v) is 13.9. The van der Waals surface area contributed by atoms with Crippen LogP contribution in [0.4, 0.5) is 0 Å². The van der Waals surface area contributed by atoms with Crippen LogP contribution in [0.15, 0.2) is 42.5 Å². The first-order valence-corrected chi connectivity index (χ1v) is 7.61. The van der Waals surface area contributed by atoms with Gasteiger partial charge in [-0.05, 0) is 44.2 Å². The summed E-state index contributed by atoms with van der Waals surface area (Å²) >= 11 is 5.79. The number of ether oxygens (including phenoxy) is 1. The van der Waals surface area contributed by atoms with E-state index < -0.39 is 11.8 Å². The quantitative estimate of drug-likeness (QED) is 0.741. The van der Waals surface area contributed by atoms with Crippen LogP contribution in [0.25, 0.3) is 0 Å². The number of para-hydroxylation sites is 1. The average Bonchev–Trinajstić information content (AvgIpc) is 2.54. The second-order valence-corrected chi connectivity index (χ2v) is 5.67. The number of phenols is 1. The highest BCUT2D eigenvalue weighted by molar-refractivity contribution is 6.31. The third-order valence-corrected chi connectivity index (χ3v) is 3.22. The van der Waals surface area contributed by atoms with Crippen LogP contribution in [0.2, 0.25) is 5.02 Å². The Morgan fingerprint density at radius 3 is 2.33 bits per heavy atom. The summed E-state index contributed by atoms with van der Waals surface area (Å²) in [6, 6.07) is 10.7. The summed E-state index contributed by atoms with van der Waals surface area (Å²) in [6.07, 6.45) is -0.100. The number of carbonyl (C=O) groups is 2. The van der Waals surface area contributed by atoms with E-state index in [-0.39, 0.29) is 23.0 Å². The fourth-order valence-electron chi connectivity index (χ4n) is 1.95. The molecule has 0 radical (unpaired) electrons. The lowest BCUT2D eigenvalue weighted by molar-refractivity contribution is 0.0841. The van der Waals surface area contributed by atoms with E-state index in [1.165, 1.54) is 18.2 Å². The minimum Gasteiger partial charge on any atom is -0.507 e. The van der Waals surface area contributed by atoms with Gasteiger partial charge in [0.05, 0.1) is 17.2 Å². The van der Waals surface area contributed by atoms with Crippen molar-refractivity contribution in [3.8, 4) is 11.5 Å². The van der Waals surface area contributed by atoms with Crippen molar-refractivity contribution in [1.29, 1.82) is 0 Å². The topological polar surface area (TPSA) is 87.7 Å². The molecule has 0 bridgehead atoms. The molecule has 0 fully saturated rings. The molecule has 0 unspecified atom stereocenters. The van der Waals surface area contributed by atoms with E-state index in [4.69, 9.17) is 16.3 Å². The van der Waals surface area contributed by atoms with Gasteiger partial charge in [0.25, 0.3) is 11.8 Å². The standard InChI is InChI=1S/C17H17ClN2O4/c1-10(2)24-15-6-4-3-5-12(15)16(22)19-20-17(23)13-9-11(18)7-8-14(13)21/h3-10,21H,1-2H3,(H,19,22)(H,20,23). The fourth-order valence-corrected chi connectivity index (χ4v) is 2.12. The van der Waals surface area contributed by atoms with Crippen LogP contribution < -0.4 is 15.6 Å². The summed E-state index contributed by atoms with van der Waals surface area (Å²) in [5.74, 6) is -1.06. The van der Waals surface area contributed by atoms with Gasteiger partial charge in [0.2, 0.25) is 0 Å². The molecule has 0 saturated carbocycles. The van der Waals surface area contributed by atoms with E-state index in [2.05, 4.69) is 10.9 Å². The number of hydrogen-bond donors (Lipinski definition) is 3. The van der Waals surface area contributed by atoms with Gasteiger partial charge in [-0.1, -0.05) is 23.7 Å². The van der Waals surface area contributed by atoms with Crippen LogP contribution in [0, 0.1) is 0 Å². The first-order chi connectivity index (χ1) is 11.4. The number of amides is 2. The van der Waals surface area contributed by atoms with Gasteiger partial charge in [-0.25, -0.2) is 0 Å². The Morgan fingerprint density at radius 2 is 1.67 bits per heavy atom. The second kappa shape index (κ2) is 7.70. The number of benzene rings is 2. The average molecular weight is 349 g/mol. The van der Waals surface area contributed by atoms with Crippen molar-refractivity contribution >= 4 is 23.4 Å². The lowest BCUT2D eigenvalue weighted by Crippen LogP contribution is -2.41. The van der Waals surface area contributed by atoms with Crippen molar-refractivity contribution < 1.29 is 19.4 Å². The van der Waals surface area contributed by atoms with Gasteiger partial charge in [-0.3, -0.25) is 20.4 Å². The summed E-state index contributed by atoms with van der Waals surface area (Å²) in [6.45, 7) is 3.69. The van der Waals surface area contributed by atoms with Gasteiger partial charge in [0.15, 0.2) is 0 Å². The molecule has 0 atom stereocenters. The molecule has 0 aliphatic heterocycles. The van der Waals surface area contributed by atoms with Crippen molar-refractivity contribution in [3.63, 3.8) is 0 Å². The molecule has 6 nitrogen and oxygen atoms in total. The van der Waals surface area contributed by atoms with Crippen molar-refractivity contribution in [3.05, 3.63) is 58.6 Å². The molecule has 2 aromatic carbocycles. The van der Waals surface area contributed by atoms with Crippen LogP contribution in [0.5, 0.6) is 11.5 Å². The van der Waals surface area contributed by atoms with Gasteiger partial charge < -0.3 is 9.84 Å². The largest absolute Gasteiger partial charge is 0.507 e. The van der Waals surface area contributed by atoms with Gasteiger partial charge >= 0.3 is 0 Å². The molecule has 126 valence electrons. The molecule has 0 aliphatic rings. The van der Waals surface area contributed by atoms with E-state index in [9.17, 15) is 14.7 Å². The van der Waals surface area contributed by atoms with Crippen LogP contribution >= 0.6 is 11.6 Å². The van der Waals surface area contributed by atoms with Gasteiger partial charge in [0, 0.05) is 5.02 Å². The zero-order valence-electron chi connectivity index (χ0n) is 13.2. The van der Waals surface area contributed by atoms with Crippen molar-refractivity contribution in [2.75, 3.05) is 0 Å². The highest BCUT2D eigenvalue weighted by Gasteiger charge is 2.16. The molecular weight excluding hydrogens is 332 g/mol. The lowest BCUT2D eigenvalue weighted by atomic mass is 10.2. The monoisotopic (exact) mass is 348 g/mol. The number of carbonyl (C=O) groups excluding carboxylic acids is 2.